The molecular formula is C11H20N2O2. The first-order valence-electron chi connectivity index (χ1n) is 5.35. The molecule has 0 spiro atoms. The molecule has 0 aromatic heterocycles. The number of piperazine rings is 1. The lowest BCUT2D eigenvalue weighted by Gasteiger charge is -2.44. The van der Waals surface area contributed by atoms with E-state index in [4.69, 9.17) is 0 Å². The van der Waals surface area contributed by atoms with Gasteiger partial charge in [0.25, 0.3) is 0 Å². The van der Waals surface area contributed by atoms with E-state index in [1.807, 2.05) is 20.9 Å². The quantitative estimate of drug-likeness (QED) is 0.684. The summed E-state index contributed by atoms with van der Waals surface area (Å²) in [5, 5.41) is 0. The lowest BCUT2D eigenvalue weighted by atomic mass is 9.97. The van der Waals surface area contributed by atoms with Gasteiger partial charge in [0, 0.05) is 33.1 Å². The molecule has 1 saturated heterocycles. The van der Waals surface area contributed by atoms with Crippen molar-refractivity contribution in [2.45, 2.75) is 32.7 Å². The van der Waals surface area contributed by atoms with Crippen LogP contribution >= 0.6 is 0 Å². The Balaban J connectivity index is 2.65. The minimum atomic E-state index is -0.470. The molecule has 0 aliphatic carbocycles. The van der Waals surface area contributed by atoms with E-state index >= 15 is 0 Å². The smallest absolute Gasteiger partial charge is 0.242 e. The monoisotopic (exact) mass is 212 g/mol. The average Bonchev–Trinajstić information content (AvgIpc) is 2.13. The van der Waals surface area contributed by atoms with Gasteiger partial charge < -0.3 is 4.90 Å². The van der Waals surface area contributed by atoms with Gasteiger partial charge in [-0.05, 0) is 20.8 Å². The summed E-state index contributed by atoms with van der Waals surface area (Å²) in [7, 11) is 1.83. The van der Waals surface area contributed by atoms with Crippen LogP contribution in [0.15, 0.2) is 0 Å². The van der Waals surface area contributed by atoms with Crippen LogP contribution < -0.4 is 0 Å². The topological polar surface area (TPSA) is 40.6 Å². The molecule has 1 rings (SSSR count). The average molecular weight is 212 g/mol. The van der Waals surface area contributed by atoms with Crippen molar-refractivity contribution in [2.24, 2.45) is 0 Å². The number of carbonyl (C=O) groups is 2. The summed E-state index contributed by atoms with van der Waals surface area (Å²) in [5.74, 6) is 0.314. The number of nitrogens with zero attached hydrogens (tertiary/aromatic N) is 2. The highest BCUT2D eigenvalue weighted by Gasteiger charge is 2.39. The first-order valence-corrected chi connectivity index (χ1v) is 5.35. The first-order chi connectivity index (χ1) is 6.85. The fourth-order valence-electron chi connectivity index (χ4n) is 1.94. The minimum Gasteiger partial charge on any atom is -0.343 e. The second kappa shape index (κ2) is 4.31. The summed E-state index contributed by atoms with van der Waals surface area (Å²) in [5.41, 5.74) is -0.470. The van der Waals surface area contributed by atoms with Crippen LogP contribution in [0, 0.1) is 0 Å². The molecule has 0 N–H and O–H groups in total. The van der Waals surface area contributed by atoms with E-state index in [9.17, 15) is 9.59 Å². The Morgan fingerprint density at radius 1 is 1.40 bits per heavy atom. The highest BCUT2D eigenvalue weighted by molar-refractivity contribution is 5.86. The number of Topliss-reactive ketones (excluding diaryl/α,β-unsaturated/α-hetero) is 1. The number of ketones is 1. The Morgan fingerprint density at radius 3 is 2.53 bits per heavy atom. The number of hydrogen-bond donors (Lipinski definition) is 0. The van der Waals surface area contributed by atoms with Crippen molar-refractivity contribution >= 4 is 11.7 Å². The highest BCUT2D eigenvalue weighted by atomic mass is 16.2. The third kappa shape index (κ3) is 2.56. The maximum atomic E-state index is 11.9. The largest absolute Gasteiger partial charge is 0.343 e. The fourth-order valence-corrected chi connectivity index (χ4v) is 1.94. The van der Waals surface area contributed by atoms with Crippen molar-refractivity contribution < 1.29 is 9.59 Å². The van der Waals surface area contributed by atoms with Crippen molar-refractivity contribution in [3.8, 4) is 0 Å². The van der Waals surface area contributed by atoms with Crippen LogP contribution in [-0.4, -0.2) is 53.7 Å². The predicted molar refractivity (Wildman–Crippen MR) is 58.6 cm³/mol. The number of carbonyl (C=O) groups excluding carboxylic acids is 2. The third-order valence-corrected chi connectivity index (χ3v) is 3.10. The molecule has 1 amide bonds. The van der Waals surface area contributed by atoms with E-state index in [0.29, 0.717) is 13.0 Å². The molecule has 15 heavy (non-hydrogen) atoms. The van der Waals surface area contributed by atoms with Crippen molar-refractivity contribution in [1.82, 2.24) is 9.80 Å². The lowest BCUT2D eigenvalue weighted by molar-refractivity contribution is -0.147. The van der Waals surface area contributed by atoms with Gasteiger partial charge in [-0.3, -0.25) is 14.5 Å². The molecule has 4 nitrogen and oxygen atoms in total. The van der Waals surface area contributed by atoms with E-state index < -0.39 is 5.54 Å². The zero-order valence-corrected chi connectivity index (χ0v) is 10.0. The van der Waals surface area contributed by atoms with Gasteiger partial charge in [-0.25, -0.2) is 0 Å². The van der Waals surface area contributed by atoms with Gasteiger partial charge >= 0.3 is 0 Å². The Labute approximate surface area is 91.2 Å². The zero-order valence-electron chi connectivity index (χ0n) is 10.0. The van der Waals surface area contributed by atoms with E-state index in [0.717, 1.165) is 13.1 Å². The molecule has 0 aromatic rings. The van der Waals surface area contributed by atoms with Crippen LogP contribution in [-0.2, 0) is 9.59 Å². The Hall–Kier alpha value is -0.900. The van der Waals surface area contributed by atoms with Crippen LogP contribution in [0.5, 0.6) is 0 Å². The van der Waals surface area contributed by atoms with Gasteiger partial charge in [-0.2, -0.15) is 0 Å². The molecule has 4 heteroatoms. The van der Waals surface area contributed by atoms with Crippen molar-refractivity contribution in [2.75, 3.05) is 26.7 Å². The summed E-state index contributed by atoms with van der Waals surface area (Å²) in [6.07, 6.45) is 0.528. The molecule has 1 aliphatic heterocycles. The van der Waals surface area contributed by atoms with Gasteiger partial charge in [-0.1, -0.05) is 0 Å². The number of likely N-dealkylation sites (N-methyl/N-ethyl adjacent to an activating group) is 1. The molecular weight excluding hydrogens is 192 g/mol. The SMILES string of the molecule is CC(=O)CCN1CCN(C)C(=O)C1(C)C. The number of rotatable bonds is 3. The molecule has 0 saturated carbocycles. The van der Waals surface area contributed by atoms with Crippen molar-refractivity contribution in [3.05, 3.63) is 0 Å². The van der Waals surface area contributed by atoms with Crippen LogP contribution in [0.4, 0.5) is 0 Å². The van der Waals surface area contributed by atoms with E-state index in [2.05, 4.69) is 4.90 Å². The normalized spacial score (nSPS) is 21.9. The molecule has 1 fully saturated rings. The Kier molecular flexibility index (Phi) is 3.50. The molecule has 1 aliphatic rings. The summed E-state index contributed by atoms with van der Waals surface area (Å²) in [6.45, 7) is 7.71. The molecule has 0 bridgehead atoms. The summed E-state index contributed by atoms with van der Waals surface area (Å²) < 4.78 is 0. The van der Waals surface area contributed by atoms with Gasteiger partial charge in [0.2, 0.25) is 5.91 Å². The van der Waals surface area contributed by atoms with Crippen molar-refractivity contribution in [1.29, 1.82) is 0 Å². The number of amides is 1. The zero-order chi connectivity index (χ0) is 11.6. The fraction of sp³-hybridized carbons (Fsp3) is 0.818. The van der Waals surface area contributed by atoms with Crippen LogP contribution in [0.25, 0.3) is 0 Å². The Bertz CT molecular complexity index is 274. The lowest BCUT2D eigenvalue weighted by Crippen LogP contribution is -2.62. The highest BCUT2D eigenvalue weighted by Crippen LogP contribution is 2.21. The summed E-state index contributed by atoms with van der Waals surface area (Å²) in [4.78, 5) is 26.7. The predicted octanol–water partition coefficient (Wildman–Crippen LogP) is 0.518. The first kappa shape index (κ1) is 12.2. The minimum absolute atomic E-state index is 0.136. The van der Waals surface area contributed by atoms with Gasteiger partial charge in [-0.15, -0.1) is 0 Å². The summed E-state index contributed by atoms with van der Waals surface area (Å²) in [6, 6.07) is 0. The standard InChI is InChI=1S/C11H20N2O2/c1-9(14)5-6-13-8-7-12(4)10(15)11(13,2)3/h5-8H2,1-4H3. The van der Waals surface area contributed by atoms with Crippen LogP contribution in [0.3, 0.4) is 0 Å². The third-order valence-electron chi connectivity index (χ3n) is 3.10. The molecule has 1 heterocycles. The molecule has 86 valence electrons. The van der Waals surface area contributed by atoms with Gasteiger partial charge in [0.15, 0.2) is 0 Å². The Morgan fingerprint density at radius 2 is 2.00 bits per heavy atom. The van der Waals surface area contributed by atoms with Gasteiger partial charge in [0.1, 0.15) is 5.78 Å². The van der Waals surface area contributed by atoms with E-state index in [1.54, 1.807) is 11.8 Å². The maximum absolute atomic E-state index is 11.9. The molecule has 0 aromatic carbocycles. The van der Waals surface area contributed by atoms with Crippen molar-refractivity contribution in [3.63, 3.8) is 0 Å². The van der Waals surface area contributed by atoms with Gasteiger partial charge in [0.05, 0.1) is 5.54 Å². The van der Waals surface area contributed by atoms with E-state index in [-0.39, 0.29) is 11.7 Å². The molecule has 0 radical (unpaired) electrons. The van der Waals surface area contributed by atoms with Crippen LogP contribution in [0.1, 0.15) is 27.2 Å². The second-order valence-corrected chi connectivity index (χ2v) is 4.72. The number of hydrogen-bond acceptors (Lipinski definition) is 3. The molecule has 0 atom stereocenters. The molecule has 0 unspecified atom stereocenters. The van der Waals surface area contributed by atoms with Crippen LogP contribution in [0.2, 0.25) is 0 Å². The summed E-state index contributed by atoms with van der Waals surface area (Å²) >= 11 is 0. The second-order valence-electron chi connectivity index (χ2n) is 4.72. The van der Waals surface area contributed by atoms with E-state index in [1.165, 1.54) is 0 Å². The maximum Gasteiger partial charge on any atom is 0.242 e.